The normalized spacial score (nSPS) is 14.8. The van der Waals surface area contributed by atoms with Crippen LogP contribution in [0, 0.1) is 11.3 Å². The van der Waals surface area contributed by atoms with Gasteiger partial charge in [0.1, 0.15) is 17.4 Å². The summed E-state index contributed by atoms with van der Waals surface area (Å²) in [6, 6.07) is 14.7. The summed E-state index contributed by atoms with van der Waals surface area (Å²) in [5, 5.41) is 21.3. The number of aromatic hydroxyl groups is 1. The number of likely N-dealkylation sites (N-methyl/N-ethyl adjacent to an activating group) is 1. The summed E-state index contributed by atoms with van der Waals surface area (Å²) < 4.78 is 0. The second kappa shape index (κ2) is 5.89. The van der Waals surface area contributed by atoms with Gasteiger partial charge in [0.05, 0.1) is 11.3 Å². The molecule has 0 aromatic heterocycles. The van der Waals surface area contributed by atoms with E-state index in [1.54, 1.807) is 31.3 Å². The molecule has 24 heavy (non-hydrogen) atoms. The number of benzene rings is 2. The lowest BCUT2D eigenvalue weighted by Crippen LogP contribution is -2.23. The van der Waals surface area contributed by atoms with E-state index >= 15 is 0 Å². The van der Waals surface area contributed by atoms with Crippen LogP contribution >= 0.6 is 0 Å². The number of carbonyl (C=O) groups excluding carboxylic acids is 2. The molecule has 1 aliphatic rings. The van der Waals surface area contributed by atoms with Crippen LogP contribution in [-0.2, 0) is 9.59 Å². The predicted octanol–water partition coefficient (Wildman–Crippen LogP) is 2.28. The van der Waals surface area contributed by atoms with Crippen LogP contribution in [0.2, 0.25) is 0 Å². The van der Waals surface area contributed by atoms with E-state index in [0.29, 0.717) is 16.9 Å². The van der Waals surface area contributed by atoms with Gasteiger partial charge in [0.15, 0.2) is 0 Å². The number of amides is 2. The first kappa shape index (κ1) is 15.3. The Balaban J connectivity index is 2.03. The van der Waals surface area contributed by atoms with E-state index in [-0.39, 0.29) is 16.9 Å². The number of nitrogens with one attached hydrogen (secondary N) is 1. The largest absolute Gasteiger partial charge is 0.508 e. The number of phenolic OH excluding ortho intramolecular Hbond substituents is 1. The molecule has 0 spiro atoms. The number of nitrogens with zero attached hydrogens (tertiary/aromatic N) is 2. The highest BCUT2D eigenvalue weighted by Gasteiger charge is 2.34. The average molecular weight is 319 g/mol. The molecule has 118 valence electrons. The Morgan fingerprint density at radius 2 is 1.83 bits per heavy atom. The van der Waals surface area contributed by atoms with Crippen molar-refractivity contribution in [3.8, 4) is 11.8 Å². The van der Waals surface area contributed by atoms with Crippen LogP contribution in [0.4, 0.5) is 11.4 Å². The maximum atomic E-state index is 12.5. The maximum absolute atomic E-state index is 12.5. The number of carbonyl (C=O) groups is 2. The van der Waals surface area contributed by atoms with E-state index in [0.717, 1.165) is 0 Å². The quantitative estimate of drug-likeness (QED) is 0.504. The highest BCUT2D eigenvalue weighted by atomic mass is 16.3. The smallest absolute Gasteiger partial charge is 0.267 e. The zero-order valence-electron chi connectivity index (χ0n) is 12.8. The van der Waals surface area contributed by atoms with E-state index in [4.69, 9.17) is 0 Å². The number of anilines is 2. The Hall–Kier alpha value is -3.59. The lowest BCUT2D eigenvalue weighted by atomic mass is 10.0. The molecule has 0 unspecified atom stereocenters. The molecule has 0 saturated heterocycles. The Labute approximate surface area is 138 Å². The molecule has 0 aliphatic carbocycles. The zero-order valence-corrected chi connectivity index (χ0v) is 12.8. The Morgan fingerprint density at radius 3 is 2.50 bits per heavy atom. The molecule has 3 rings (SSSR count). The SMILES string of the molecule is CN1C(=O)/C(=C(/C#N)C(=O)Nc2ccc(O)cc2)c2ccccc21. The van der Waals surface area contributed by atoms with Gasteiger partial charge in [-0.1, -0.05) is 18.2 Å². The highest BCUT2D eigenvalue weighted by Crippen LogP contribution is 2.37. The molecule has 0 atom stereocenters. The molecule has 2 aromatic carbocycles. The summed E-state index contributed by atoms with van der Waals surface area (Å²) in [6.45, 7) is 0. The molecule has 6 nitrogen and oxygen atoms in total. The Bertz CT molecular complexity index is 908. The van der Waals surface area contributed by atoms with Crippen LogP contribution in [0.5, 0.6) is 5.75 Å². The van der Waals surface area contributed by atoms with E-state index in [1.165, 1.54) is 29.2 Å². The van der Waals surface area contributed by atoms with E-state index in [1.807, 2.05) is 6.07 Å². The third-order valence-corrected chi connectivity index (χ3v) is 3.77. The number of fused-ring (bicyclic) bond motifs is 1. The summed E-state index contributed by atoms with van der Waals surface area (Å²) >= 11 is 0. The van der Waals surface area contributed by atoms with Gasteiger partial charge in [-0.15, -0.1) is 0 Å². The molecule has 6 heteroatoms. The summed E-state index contributed by atoms with van der Waals surface area (Å²) in [4.78, 5) is 26.3. The fraction of sp³-hybridized carbons (Fsp3) is 0.0556. The van der Waals surface area contributed by atoms with Gasteiger partial charge in [-0.3, -0.25) is 9.59 Å². The Kier molecular flexibility index (Phi) is 3.76. The number of para-hydroxylation sites is 1. The van der Waals surface area contributed by atoms with Gasteiger partial charge in [0.25, 0.3) is 11.8 Å². The van der Waals surface area contributed by atoms with Crippen molar-refractivity contribution in [3.63, 3.8) is 0 Å². The summed E-state index contributed by atoms with van der Waals surface area (Å²) in [7, 11) is 1.60. The number of hydrogen-bond acceptors (Lipinski definition) is 4. The van der Waals surface area contributed by atoms with Gasteiger partial charge in [-0.25, -0.2) is 0 Å². The minimum atomic E-state index is -0.670. The number of nitriles is 1. The summed E-state index contributed by atoms with van der Waals surface area (Å²) in [6.07, 6.45) is 0. The van der Waals surface area contributed by atoms with Crippen molar-refractivity contribution in [1.82, 2.24) is 0 Å². The molecule has 0 bridgehead atoms. The topological polar surface area (TPSA) is 93.4 Å². The molecule has 1 aliphatic heterocycles. The van der Waals surface area contributed by atoms with Gasteiger partial charge in [-0.2, -0.15) is 5.26 Å². The third kappa shape index (κ3) is 2.48. The monoisotopic (exact) mass is 319 g/mol. The maximum Gasteiger partial charge on any atom is 0.267 e. The van der Waals surface area contributed by atoms with Crippen molar-refractivity contribution in [2.45, 2.75) is 0 Å². The summed E-state index contributed by atoms with van der Waals surface area (Å²) in [5.41, 5.74) is 1.47. The number of phenols is 1. The molecule has 0 radical (unpaired) electrons. The fourth-order valence-corrected chi connectivity index (χ4v) is 2.57. The highest BCUT2D eigenvalue weighted by molar-refractivity contribution is 6.37. The van der Waals surface area contributed by atoms with Gasteiger partial charge < -0.3 is 15.3 Å². The number of rotatable bonds is 2. The second-order valence-electron chi connectivity index (χ2n) is 5.24. The molecule has 1 heterocycles. The van der Waals surface area contributed by atoms with Crippen molar-refractivity contribution in [3.05, 3.63) is 59.7 Å². The van der Waals surface area contributed by atoms with Crippen LogP contribution in [0.15, 0.2) is 54.1 Å². The van der Waals surface area contributed by atoms with Crippen molar-refractivity contribution < 1.29 is 14.7 Å². The van der Waals surface area contributed by atoms with E-state index in [9.17, 15) is 20.0 Å². The first-order chi connectivity index (χ1) is 11.5. The van der Waals surface area contributed by atoms with Crippen molar-refractivity contribution in [2.24, 2.45) is 0 Å². The molecule has 2 amide bonds. The average Bonchev–Trinajstić information content (AvgIpc) is 2.83. The van der Waals surface area contributed by atoms with Crippen LogP contribution < -0.4 is 10.2 Å². The van der Waals surface area contributed by atoms with Gasteiger partial charge in [0, 0.05) is 18.3 Å². The van der Waals surface area contributed by atoms with E-state index < -0.39 is 11.8 Å². The Morgan fingerprint density at radius 1 is 1.17 bits per heavy atom. The predicted molar refractivity (Wildman–Crippen MR) is 89.1 cm³/mol. The van der Waals surface area contributed by atoms with Crippen LogP contribution in [0.3, 0.4) is 0 Å². The second-order valence-corrected chi connectivity index (χ2v) is 5.24. The van der Waals surface area contributed by atoms with Crippen LogP contribution in [0.25, 0.3) is 5.57 Å². The van der Waals surface area contributed by atoms with Gasteiger partial charge in [0.2, 0.25) is 0 Å². The summed E-state index contributed by atoms with van der Waals surface area (Å²) in [5.74, 6) is -1.00. The van der Waals surface area contributed by atoms with Crippen molar-refractivity contribution >= 4 is 28.8 Å². The zero-order chi connectivity index (χ0) is 17.3. The minimum Gasteiger partial charge on any atom is -0.508 e. The van der Waals surface area contributed by atoms with Crippen molar-refractivity contribution in [1.29, 1.82) is 5.26 Å². The molecule has 0 fully saturated rings. The van der Waals surface area contributed by atoms with Gasteiger partial charge in [-0.05, 0) is 30.3 Å². The fourth-order valence-electron chi connectivity index (χ4n) is 2.57. The minimum absolute atomic E-state index is 0.0633. The first-order valence-corrected chi connectivity index (χ1v) is 7.15. The van der Waals surface area contributed by atoms with Gasteiger partial charge >= 0.3 is 0 Å². The van der Waals surface area contributed by atoms with Crippen LogP contribution in [-0.4, -0.2) is 24.0 Å². The standard InChI is InChI=1S/C18H13N3O3/c1-21-15-5-3-2-4-13(15)16(18(21)24)14(10-19)17(23)20-11-6-8-12(22)9-7-11/h2-9,22H,1H3,(H,20,23)/b16-14-. The lowest BCUT2D eigenvalue weighted by molar-refractivity contribution is -0.114. The molecular formula is C18H13N3O3. The van der Waals surface area contributed by atoms with Crippen LogP contribution in [0.1, 0.15) is 5.56 Å². The molecule has 2 N–H and O–H groups in total. The van der Waals surface area contributed by atoms with E-state index in [2.05, 4.69) is 5.32 Å². The lowest BCUT2D eigenvalue weighted by Gasteiger charge is -2.08. The number of hydrogen-bond donors (Lipinski definition) is 2. The first-order valence-electron chi connectivity index (χ1n) is 7.15. The molecule has 2 aromatic rings. The third-order valence-electron chi connectivity index (χ3n) is 3.77. The molecule has 0 saturated carbocycles. The van der Waals surface area contributed by atoms with Crippen molar-refractivity contribution in [2.75, 3.05) is 17.3 Å². The molecular weight excluding hydrogens is 306 g/mol.